The van der Waals surface area contributed by atoms with Gasteiger partial charge in [0.15, 0.2) is 0 Å². The van der Waals surface area contributed by atoms with E-state index in [4.69, 9.17) is 0 Å². The predicted molar refractivity (Wildman–Crippen MR) is 83.5 cm³/mol. The maximum absolute atomic E-state index is 12.4. The van der Waals surface area contributed by atoms with E-state index in [9.17, 15) is 18.0 Å². The number of H-pyrrole nitrogens is 1. The molecule has 126 valence electrons. The van der Waals surface area contributed by atoms with Crippen molar-refractivity contribution in [2.75, 3.05) is 5.32 Å². The number of ether oxygens (including phenoxy) is 1. The first kappa shape index (κ1) is 15.2. The van der Waals surface area contributed by atoms with Crippen molar-refractivity contribution in [3.63, 3.8) is 0 Å². The number of aromatic amines is 1. The Balaban J connectivity index is 1.75. The van der Waals surface area contributed by atoms with Gasteiger partial charge in [-0.15, -0.1) is 18.3 Å². The van der Waals surface area contributed by atoms with Crippen LogP contribution in [0.2, 0.25) is 0 Å². The molecule has 0 saturated heterocycles. The van der Waals surface area contributed by atoms with Crippen molar-refractivity contribution in [1.29, 1.82) is 0 Å². The summed E-state index contributed by atoms with van der Waals surface area (Å²) in [6, 6.07) is 8.91. The standard InChI is InChI=1S/C16H9F3N4O2/c17-16(18,19)25-9-2-4-12-10(7-9)11(15(24)20-12)5-8-1-3-13-14(6-8)22-23-21-13/h1-7H,(H,20,24)(H,21,22,23). The minimum atomic E-state index is -4.80. The number of nitrogens with one attached hydrogen (secondary N) is 2. The van der Waals surface area contributed by atoms with Crippen LogP contribution in [-0.4, -0.2) is 27.7 Å². The molecule has 0 saturated carbocycles. The number of anilines is 1. The average molecular weight is 346 g/mol. The van der Waals surface area contributed by atoms with E-state index in [-0.39, 0.29) is 11.3 Å². The molecule has 2 aromatic carbocycles. The number of rotatable bonds is 2. The summed E-state index contributed by atoms with van der Waals surface area (Å²) in [6.45, 7) is 0. The van der Waals surface area contributed by atoms with E-state index in [1.807, 2.05) is 0 Å². The van der Waals surface area contributed by atoms with Crippen molar-refractivity contribution >= 4 is 34.3 Å². The molecule has 2 N–H and O–H groups in total. The minimum absolute atomic E-state index is 0.241. The summed E-state index contributed by atoms with van der Waals surface area (Å²) in [5.74, 6) is -0.792. The van der Waals surface area contributed by atoms with Gasteiger partial charge in [0.1, 0.15) is 11.3 Å². The second-order valence-corrected chi connectivity index (χ2v) is 5.36. The molecule has 0 unspecified atom stereocenters. The second kappa shape index (κ2) is 5.33. The molecule has 0 atom stereocenters. The monoisotopic (exact) mass is 346 g/mol. The third-order valence-electron chi connectivity index (χ3n) is 3.67. The lowest BCUT2D eigenvalue weighted by atomic mass is 10.0. The first-order chi connectivity index (χ1) is 11.9. The quantitative estimate of drug-likeness (QED) is 0.698. The maximum atomic E-state index is 12.4. The largest absolute Gasteiger partial charge is 0.573 e. The highest BCUT2D eigenvalue weighted by Crippen LogP contribution is 2.37. The maximum Gasteiger partial charge on any atom is 0.573 e. The van der Waals surface area contributed by atoms with Crippen molar-refractivity contribution in [1.82, 2.24) is 15.4 Å². The number of carbonyl (C=O) groups is 1. The van der Waals surface area contributed by atoms with E-state index in [2.05, 4.69) is 25.5 Å². The molecule has 0 radical (unpaired) electrons. The molecule has 6 nitrogen and oxygen atoms in total. The van der Waals surface area contributed by atoms with E-state index in [0.29, 0.717) is 22.3 Å². The molecule has 2 heterocycles. The fourth-order valence-electron chi connectivity index (χ4n) is 2.62. The molecule has 1 aliphatic rings. The third-order valence-corrected chi connectivity index (χ3v) is 3.67. The molecule has 25 heavy (non-hydrogen) atoms. The molecular weight excluding hydrogens is 337 g/mol. The number of alkyl halides is 3. The highest BCUT2D eigenvalue weighted by Gasteiger charge is 2.32. The van der Waals surface area contributed by atoms with Crippen molar-refractivity contribution in [2.45, 2.75) is 6.36 Å². The molecular formula is C16H9F3N4O2. The van der Waals surface area contributed by atoms with Gasteiger partial charge >= 0.3 is 6.36 Å². The summed E-state index contributed by atoms with van der Waals surface area (Å²) in [4.78, 5) is 12.2. The number of aromatic nitrogens is 3. The first-order valence-electron chi connectivity index (χ1n) is 7.13. The molecule has 1 aromatic heterocycles. The van der Waals surface area contributed by atoms with Gasteiger partial charge in [0.05, 0.1) is 5.52 Å². The fourth-order valence-corrected chi connectivity index (χ4v) is 2.62. The second-order valence-electron chi connectivity index (χ2n) is 5.36. The molecule has 0 spiro atoms. The normalized spacial score (nSPS) is 15.5. The summed E-state index contributed by atoms with van der Waals surface area (Å²) >= 11 is 0. The number of amides is 1. The van der Waals surface area contributed by atoms with Gasteiger partial charge < -0.3 is 10.1 Å². The molecule has 0 bridgehead atoms. The number of hydrogen-bond acceptors (Lipinski definition) is 4. The molecule has 0 aliphatic carbocycles. The highest BCUT2D eigenvalue weighted by atomic mass is 19.4. The van der Waals surface area contributed by atoms with E-state index in [1.165, 1.54) is 12.1 Å². The zero-order valence-electron chi connectivity index (χ0n) is 12.4. The highest BCUT2D eigenvalue weighted by molar-refractivity contribution is 6.35. The topological polar surface area (TPSA) is 79.9 Å². The molecule has 1 amide bonds. The molecule has 3 aromatic rings. The Bertz CT molecular complexity index is 1020. The van der Waals surface area contributed by atoms with Crippen LogP contribution < -0.4 is 10.1 Å². The van der Waals surface area contributed by atoms with Crippen molar-refractivity contribution in [2.24, 2.45) is 0 Å². The lowest BCUT2D eigenvalue weighted by molar-refractivity contribution is -0.274. The van der Waals surface area contributed by atoms with E-state index in [0.717, 1.165) is 11.6 Å². The first-order valence-corrected chi connectivity index (χ1v) is 7.13. The van der Waals surface area contributed by atoms with E-state index in [1.54, 1.807) is 24.3 Å². The summed E-state index contributed by atoms with van der Waals surface area (Å²) in [6.07, 6.45) is -3.22. The number of carbonyl (C=O) groups excluding carboxylic acids is 1. The van der Waals surface area contributed by atoms with E-state index >= 15 is 0 Å². The number of nitrogens with zero attached hydrogens (tertiary/aromatic N) is 2. The Kier molecular flexibility index (Phi) is 3.24. The Hall–Kier alpha value is -3.36. The molecule has 1 aliphatic heterocycles. The van der Waals surface area contributed by atoms with Crippen LogP contribution in [-0.2, 0) is 4.79 Å². The summed E-state index contributed by atoms with van der Waals surface area (Å²) in [5, 5.41) is 12.9. The van der Waals surface area contributed by atoms with Gasteiger partial charge in [-0.2, -0.15) is 0 Å². The fraction of sp³-hybridized carbons (Fsp3) is 0.0625. The minimum Gasteiger partial charge on any atom is -0.406 e. The lowest BCUT2D eigenvalue weighted by Gasteiger charge is -2.09. The Labute approximate surface area is 138 Å². The van der Waals surface area contributed by atoms with Gasteiger partial charge in [0.25, 0.3) is 5.91 Å². The summed E-state index contributed by atoms with van der Waals surface area (Å²) < 4.78 is 41.1. The summed E-state index contributed by atoms with van der Waals surface area (Å²) in [5.41, 5.74) is 3.02. The van der Waals surface area contributed by atoms with Crippen molar-refractivity contribution < 1.29 is 22.7 Å². The van der Waals surface area contributed by atoms with Crippen LogP contribution in [0.1, 0.15) is 11.1 Å². The van der Waals surface area contributed by atoms with Gasteiger partial charge in [0, 0.05) is 16.8 Å². The van der Waals surface area contributed by atoms with Crippen LogP contribution in [0.25, 0.3) is 22.7 Å². The predicted octanol–water partition coefficient (Wildman–Crippen LogP) is 3.35. The van der Waals surface area contributed by atoms with Crippen LogP contribution in [0.15, 0.2) is 36.4 Å². The van der Waals surface area contributed by atoms with Crippen LogP contribution in [0, 0.1) is 0 Å². The van der Waals surface area contributed by atoms with Gasteiger partial charge in [0.2, 0.25) is 0 Å². The smallest absolute Gasteiger partial charge is 0.406 e. The van der Waals surface area contributed by atoms with Crippen LogP contribution in [0.5, 0.6) is 5.75 Å². The van der Waals surface area contributed by atoms with E-state index < -0.39 is 12.3 Å². The zero-order valence-corrected chi connectivity index (χ0v) is 12.4. The van der Waals surface area contributed by atoms with Crippen molar-refractivity contribution in [3.05, 3.63) is 47.5 Å². The van der Waals surface area contributed by atoms with Crippen LogP contribution in [0.4, 0.5) is 18.9 Å². The van der Waals surface area contributed by atoms with Gasteiger partial charge in [-0.25, -0.2) is 0 Å². The van der Waals surface area contributed by atoms with Crippen molar-refractivity contribution in [3.8, 4) is 5.75 Å². The van der Waals surface area contributed by atoms with Gasteiger partial charge in [-0.3, -0.25) is 9.89 Å². The Morgan fingerprint density at radius 2 is 1.96 bits per heavy atom. The van der Waals surface area contributed by atoms with Crippen LogP contribution in [0.3, 0.4) is 0 Å². The summed E-state index contributed by atoms with van der Waals surface area (Å²) in [7, 11) is 0. The SMILES string of the molecule is O=C1Nc2ccc(OC(F)(F)F)cc2C1=Cc1ccc2[nH]nnc2c1. The third kappa shape index (κ3) is 2.91. The van der Waals surface area contributed by atoms with Gasteiger partial charge in [-0.1, -0.05) is 11.3 Å². The number of hydrogen-bond donors (Lipinski definition) is 2. The number of fused-ring (bicyclic) bond motifs is 2. The Morgan fingerprint density at radius 3 is 2.76 bits per heavy atom. The molecule has 4 rings (SSSR count). The average Bonchev–Trinajstić information content (AvgIpc) is 3.11. The number of halogens is 3. The van der Waals surface area contributed by atoms with Crippen LogP contribution >= 0.6 is 0 Å². The zero-order chi connectivity index (χ0) is 17.6. The molecule has 0 fully saturated rings. The lowest BCUT2D eigenvalue weighted by Crippen LogP contribution is -2.17. The van der Waals surface area contributed by atoms with Gasteiger partial charge in [-0.05, 0) is 42.0 Å². The Morgan fingerprint density at radius 1 is 1.12 bits per heavy atom. The molecule has 9 heteroatoms. The number of benzene rings is 2.